The van der Waals surface area contributed by atoms with Gasteiger partial charge >= 0.3 is 6.11 Å². The van der Waals surface area contributed by atoms with Crippen LogP contribution in [0.4, 0.5) is 17.6 Å². The lowest BCUT2D eigenvalue weighted by Gasteiger charge is -2.17. The highest BCUT2D eigenvalue weighted by Gasteiger charge is 2.42. The average molecular weight is 537 g/mol. The summed E-state index contributed by atoms with van der Waals surface area (Å²) in [5, 5.41) is 6.51. The third kappa shape index (κ3) is 4.68. The molecule has 0 aliphatic heterocycles. The van der Waals surface area contributed by atoms with E-state index < -0.39 is 17.6 Å². The Morgan fingerprint density at radius 2 is 1.82 bits per heavy atom. The average Bonchev–Trinajstić information content (AvgIpc) is 3.30. The van der Waals surface area contributed by atoms with Crippen molar-refractivity contribution in [1.82, 2.24) is 14.8 Å². The van der Waals surface area contributed by atoms with Gasteiger partial charge in [-0.1, -0.05) is 40.9 Å². The molecule has 1 atom stereocenters. The van der Waals surface area contributed by atoms with Gasteiger partial charge in [0.1, 0.15) is 11.6 Å². The molecule has 4 aromatic rings. The van der Waals surface area contributed by atoms with Crippen LogP contribution in [0.2, 0.25) is 10.0 Å². The van der Waals surface area contributed by atoms with Crippen LogP contribution in [0.15, 0.2) is 47.8 Å². The molecule has 0 N–H and O–H groups in total. The summed E-state index contributed by atoms with van der Waals surface area (Å²) in [6.45, 7) is 0. The van der Waals surface area contributed by atoms with Crippen molar-refractivity contribution in [1.29, 1.82) is 0 Å². The molecule has 0 spiro atoms. The van der Waals surface area contributed by atoms with Crippen LogP contribution in [-0.4, -0.2) is 26.5 Å². The van der Waals surface area contributed by atoms with E-state index in [4.69, 9.17) is 34.8 Å². The van der Waals surface area contributed by atoms with Gasteiger partial charge in [0.2, 0.25) is 0 Å². The summed E-state index contributed by atoms with van der Waals surface area (Å²) in [7, 11) is 1.63. The summed E-state index contributed by atoms with van der Waals surface area (Å²) in [5.41, 5.74) is -1.76. The minimum atomic E-state index is -4.17. The summed E-state index contributed by atoms with van der Waals surface area (Å²) in [6.07, 6.45) is -4.17. The fourth-order valence-electron chi connectivity index (χ4n) is 3.00. The van der Waals surface area contributed by atoms with Gasteiger partial charge in [-0.2, -0.15) is 13.9 Å². The molecule has 0 bridgehead atoms. The summed E-state index contributed by atoms with van der Waals surface area (Å²) in [6, 6.07) is 9.77. The summed E-state index contributed by atoms with van der Waals surface area (Å²) in [5.74, 6) is -0.336. The number of hydrogen-bond acceptors (Lipinski definition) is 4. The van der Waals surface area contributed by atoms with Crippen molar-refractivity contribution in [2.45, 2.75) is 11.7 Å². The number of thiophene rings is 1. The zero-order valence-electron chi connectivity index (χ0n) is 16.5. The Labute approximate surface area is 204 Å². The zero-order valence-corrected chi connectivity index (χ0v) is 19.6. The van der Waals surface area contributed by atoms with Gasteiger partial charge < -0.3 is 4.74 Å². The minimum Gasteiger partial charge on any atom is -0.429 e. The molecule has 0 aliphatic rings. The number of halogens is 7. The standard InChI is InChI=1S/C21H12Cl3F4N3OS/c1-31-19(29-18(30-31)15-13(22)3-2-4-14(15)25)12-9-33-17(16(12)23)10-5-7-11(8-6-10)32-21(27,28)20(24)26/h2-9,20H,1H3. The van der Waals surface area contributed by atoms with Crippen LogP contribution in [-0.2, 0) is 7.05 Å². The quantitative estimate of drug-likeness (QED) is 0.186. The minimum absolute atomic E-state index is 0.0763. The molecule has 2 aromatic carbocycles. The van der Waals surface area contributed by atoms with Crippen LogP contribution in [0, 0.1) is 5.82 Å². The van der Waals surface area contributed by atoms with Gasteiger partial charge in [-0.05, 0) is 42.0 Å². The van der Waals surface area contributed by atoms with Gasteiger partial charge in [0.25, 0.3) is 5.63 Å². The van der Waals surface area contributed by atoms with E-state index in [1.807, 2.05) is 0 Å². The maximum atomic E-state index is 14.3. The Morgan fingerprint density at radius 1 is 1.12 bits per heavy atom. The zero-order chi connectivity index (χ0) is 23.9. The number of alkyl halides is 4. The monoisotopic (exact) mass is 535 g/mol. The molecule has 2 heterocycles. The number of hydrogen-bond donors (Lipinski definition) is 0. The van der Waals surface area contributed by atoms with E-state index in [9.17, 15) is 17.6 Å². The highest BCUT2D eigenvalue weighted by molar-refractivity contribution is 7.14. The van der Waals surface area contributed by atoms with Gasteiger partial charge in [-0.25, -0.2) is 18.4 Å². The van der Waals surface area contributed by atoms with Crippen LogP contribution in [0.1, 0.15) is 0 Å². The molecule has 0 saturated carbocycles. The van der Waals surface area contributed by atoms with Gasteiger partial charge in [0, 0.05) is 18.0 Å². The fraction of sp³-hybridized carbons (Fsp3) is 0.143. The van der Waals surface area contributed by atoms with Crippen molar-refractivity contribution in [3.05, 3.63) is 63.7 Å². The van der Waals surface area contributed by atoms with E-state index in [0.29, 0.717) is 26.9 Å². The van der Waals surface area contributed by atoms with Gasteiger partial charge in [0.05, 0.1) is 20.5 Å². The number of aryl methyl sites for hydroxylation is 1. The Morgan fingerprint density at radius 3 is 2.45 bits per heavy atom. The summed E-state index contributed by atoms with van der Waals surface area (Å²) in [4.78, 5) is 5.03. The van der Waals surface area contributed by atoms with Crippen molar-refractivity contribution in [2.75, 3.05) is 0 Å². The molecule has 0 radical (unpaired) electrons. The largest absolute Gasteiger partial charge is 0.444 e. The highest BCUT2D eigenvalue weighted by atomic mass is 35.5. The van der Waals surface area contributed by atoms with Gasteiger partial charge in [0.15, 0.2) is 11.6 Å². The van der Waals surface area contributed by atoms with Gasteiger partial charge in [-0.3, -0.25) is 0 Å². The second kappa shape index (κ2) is 9.13. The molecular weight excluding hydrogens is 525 g/mol. The van der Waals surface area contributed by atoms with E-state index in [0.717, 1.165) is 0 Å². The second-order valence-corrected chi connectivity index (χ2v) is 8.81. The molecule has 2 aromatic heterocycles. The van der Waals surface area contributed by atoms with Crippen LogP contribution < -0.4 is 4.74 Å². The van der Waals surface area contributed by atoms with Crippen LogP contribution in [0.3, 0.4) is 0 Å². The molecule has 12 heteroatoms. The maximum absolute atomic E-state index is 14.3. The van der Waals surface area contributed by atoms with Crippen molar-refractivity contribution >= 4 is 46.1 Å². The van der Waals surface area contributed by atoms with E-state index >= 15 is 0 Å². The predicted molar refractivity (Wildman–Crippen MR) is 121 cm³/mol. The molecule has 1 unspecified atom stereocenters. The normalized spacial score (nSPS) is 12.7. The Balaban J connectivity index is 1.65. The Kier molecular flexibility index (Phi) is 6.59. The third-order valence-corrected chi connectivity index (χ3v) is 6.65. The first-order chi connectivity index (χ1) is 15.6. The second-order valence-electron chi connectivity index (χ2n) is 6.76. The highest BCUT2D eigenvalue weighted by Crippen LogP contribution is 2.42. The first kappa shape index (κ1) is 23.8. The SMILES string of the molecule is Cn1nc(-c2c(F)cccc2Cl)nc1-c1csc(-c2ccc(OC(F)(F)C(F)Cl)cc2)c1Cl. The first-order valence-corrected chi connectivity index (χ1v) is 11.2. The van der Waals surface area contributed by atoms with E-state index in [1.165, 1.54) is 58.5 Å². The lowest BCUT2D eigenvalue weighted by molar-refractivity contribution is -0.199. The molecule has 33 heavy (non-hydrogen) atoms. The van der Waals surface area contributed by atoms with E-state index in [2.05, 4.69) is 14.8 Å². The van der Waals surface area contributed by atoms with Crippen LogP contribution in [0.5, 0.6) is 5.75 Å². The molecule has 0 amide bonds. The number of ether oxygens (including phenoxy) is 1. The first-order valence-electron chi connectivity index (χ1n) is 9.16. The predicted octanol–water partition coefficient (Wildman–Crippen LogP) is 7.83. The van der Waals surface area contributed by atoms with Gasteiger partial charge in [-0.15, -0.1) is 11.3 Å². The molecule has 0 saturated heterocycles. The lowest BCUT2D eigenvalue weighted by Crippen LogP contribution is -2.32. The van der Waals surface area contributed by atoms with Crippen molar-refractivity contribution in [2.24, 2.45) is 7.05 Å². The molecule has 4 rings (SSSR count). The topological polar surface area (TPSA) is 39.9 Å². The molecule has 0 fully saturated rings. The Bertz CT molecular complexity index is 1290. The number of benzene rings is 2. The van der Waals surface area contributed by atoms with Crippen molar-refractivity contribution in [3.8, 4) is 39.0 Å². The van der Waals surface area contributed by atoms with Crippen molar-refractivity contribution < 1.29 is 22.3 Å². The number of rotatable bonds is 6. The lowest BCUT2D eigenvalue weighted by atomic mass is 10.1. The maximum Gasteiger partial charge on any atom is 0.444 e. The summed E-state index contributed by atoms with van der Waals surface area (Å²) >= 11 is 18.8. The smallest absolute Gasteiger partial charge is 0.429 e. The van der Waals surface area contributed by atoms with Crippen molar-refractivity contribution in [3.63, 3.8) is 0 Å². The molecule has 172 valence electrons. The number of aromatic nitrogens is 3. The van der Waals surface area contributed by atoms with Crippen LogP contribution in [0.25, 0.3) is 33.2 Å². The number of nitrogens with zero attached hydrogens (tertiary/aromatic N) is 3. The van der Waals surface area contributed by atoms with E-state index in [-0.39, 0.29) is 22.2 Å². The molecular formula is C21H12Cl3F4N3OS. The van der Waals surface area contributed by atoms with Crippen LogP contribution >= 0.6 is 46.1 Å². The van der Waals surface area contributed by atoms with E-state index in [1.54, 1.807) is 12.4 Å². The fourth-order valence-corrected chi connectivity index (χ4v) is 4.68. The third-order valence-electron chi connectivity index (χ3n) is 4.55. The summed E-state index contributed by atoms with van der Waals surface area (Å²) < 4.78 is 59.4. The molecule has 0 aliphatic carbocycles. The Hall–Kier alpha value is -2.33. The molecule has 4 nitrogen and oxygen atoms in total.